The Balaban J connectivity index is 2.02. The van der Waals surface area contributed by atoms with E-state index in [0.717, 1.165) is 11.3 Å². The monoisotopic (exact) mass is 369 g/mol. The molecular weight excluding hydrogens is 350 g/mol. The summed E-state index contributed by atoms with van der Waals surface area (Å²) >= 11 is 1.11. The van der Waals surface area contributed by atoms with Crippen LogP contribution in [0.15, 0.2) is 40.6 Å². The molecule has 1 aromatic carbocycles. The van der Waals surface area contributed by atoms with Crippen LogP contribution in [0.1, 0.15) is 19.5 Å². The summed E-state index contributed by atoms with van der Waals surface area (Å²) in [6.07, 6.45) is 0.00694. The number of nitrogens with zero attached hydrogens (tertiary/aromatic N) is 1. The molecule has 0 aliphatic heterocycles. The quantitative estimate of drug-likeness (QED) is 0.683. The topological polar surface area (TPSA) is 108 Å². The predicted molar refractivity (Wildman–Crippen MR) is 92.4 cm³/mol. The van der Waals surface area contributed by atoms with Crippen molar-refractivity contribution in [3.05, 3.63) is 41.4 Å². The fraction of sp³-hybridized carbons (Fsp3) is 0.333. The SMILES string of the molecule is CC(C)(CO)NC(=O)Cc1csc(NS(=O)(=O)c2ccccc2)n1. The molecule has 0 saturated heterocycles. The summed E-state index contributed by atoms with van der Waals surface area (Å²) in [7, 11) is -3.70. The molecular formula is C15H19N3O4S2. The van der Waals surface area contributed by atoms with Gasteiger partial charge in [-0.05, 0) is 26.0 Å². The molecule has 3 N–H and O–H groups in total. The number of sulfonamides is 1. The Bertz CT molecular complexity index is 801. The summed E-state index contributed by atoms with van der Waals surface area (Å²) < 4.78 is 26.8. The molecule has 1 aromatic heterocycles. The minimum absolute atomic E-state index is 0.00694. The van der Waals surface area contributed by atoms with Gasteiger partial charge in [-0.1, -0.05) is 18.2 Å². The van der Waals surface area contributed by atoms with Crippen LogP contribution in [-0.2, 0) is 21.2 Å². The van der Waals surface area contributed by atoms with Crippen molar-refractivity contribution in [2.75, 3.05) is 11.3 Å². The maximum absolute atomic E-state index is 12.2. The second kappa shape index (κ2) is 7.29. The van der Waals surface area contributed by atoms with E-state index < -0.39 is 15.6 Å². The highest BCUT2D eigenvalue weighted by Crippen LogP contribution is 2.20. The fourth-order valence-corrected chi connectivity index (χ4v) is 3.82. The zero-order valence-corrected chi connectivity index (χ0v) is 14.9. The number of carbonyl (C=O) groups excluding carboxylic acids is 1. The number of hydrogen-bond acceptors (Lipinski definition) is 6. The second-order valence-electron chi connectivity index (χ2n) is 5.83. The molecule has 0 aliphatic carbocycles. The maximum Gasteiger partial charge on any atom is 0.263 e. The number of aliphatic hydroxyl groups is 1. The van der Waals surface area contributed by atoms with E-state index in [0.29, 0.717) is 5.69 Å². The molecule has 130 valence electrons. The number of carbonyl (C=O) groups is 1. The second-order valence-corrected chi connectivity index (χ2v) is 8.37. The Hall–Kier alpha value is -1.97. The molecule has 0 radical (unpaired) electrons. The Morgan fingerprint density at radius 3 is 2.58 bits per heavy atom. The van der Waals surface area contributed by atoms with E-state index in [1.54, 1.807) is 37.4 Å². The third-order valence-corrected chi connectivity index (χ3v) is 5.33. The minimum Gasteiger partial charge on any atom is -0.394 e. The number of rotatable bonds is 7. The van der Waals surface area contributed by atoms with Crippen LogP contribution in [0.2, 0.25) is 0 Å². The Morgan fingerprint density at radius 2 is 1.96 bits per heavy atom. The Morgan fingerprint density at radius 1 is 1.29 bits per heavy atom. The highest BCUT2D eigenvalue weighted by Gasteiger charge is 2.20. The lowest BCUT2D eigenvalue weighted by molar-refractivity contribution is -0.122. The first-order valence-electron chi connectivity index (χ1n) is 7.16. The van der Waals surface area contributed by atoms with Gasteiger partial charge in [-0.25, -0.2) is 13.4 Å². The van der Waals surface area contributed by atoms with Crippen LogP contribution < -0.4 is 10.0 Å². The van der Waals surface area contributed by atoms with E-state index in [1.807, 2.05) is 0 Å². The molecule has 0 spiro atoms. The van der Waals surface area contributed by atoms with Crippen molar-refractivity contribution in [2.45, 2.75) is 30.7 Å². The van der Waals surface area contributed by atoms with Gasteiger partial charge in [0.1, 0.15) is 0 Å². The maximum atomic E-state index is 12.2. The van der Waals surface area contributed by atoms with E-state index >= 15 is 0 Å². The average molecular weight is 369 g/mol. The van der Waals surface area contributed by atoms with E-state index in [2.05, 4.69) is 15.0 Å². The highest BCUT2D eigenvalue weighted by atomic mass is 32.2. The van der Waals surface area contributed by atoms with Gasteiger partial charge in [0.15, 0.2) is 5.13 Å². The summed E-state index contributed by atoms with van der Waals surface area (Å²) in [5, 5.41) is 13.6. The molecule has 0 atom stereocenters. The van der Waals surface area contributed by atoms with Gasteiger partial charge in [0.2, 0.25) is 5.91 Å². The van der Waals surface area contributed by atoms with E-state index in [4.69, 9.17) is 5.11 Å². The van der Waals surface area contributed by atoms with Crippen LogP contribution in [0, 0.1) is 0 Å². The summed E-state index contributed by atoms with van der Waals surface area (Å²) in [6, 6.07) is 7.97. The first-order valence-corrected chi connectivity index (χ1v) is 9.52. The molecule has 0 fully saturated rings. The molecule has 7 nitrogen and oxygen atoms in total. The summed E-state index contributed by atoms with van der Waals surface area (Å²) in [4.78, 5) is 16.2. The number of thiazole rings is 1. The van der Waals surface area contributed by atoms with Crippen LogP contribution in [0.5, 0.6) is 0 Å². The molecule has 1 amide bonds. The smallest absolute Gasteiger partial charge is 0.263 e. The number of benzene rings is 1. The minimum atomic E-state index is -3.70. The molecule has 0 saturated carbocycles. The van der Waals surface area contributed by atoms with Gasteiger partial charge in [-0.2, -0.15) is 0 Å². The first-order chi connectivity index (χ1) is 11.2. The first kappa shape index (κ1) is 18.4. The summed E-state index contributed by atoms with van der Waals surface area (Å²) in [6.45, 7) is 3.22. The average Bonchev–Trinajstić information content (AvgIpc) is 2.93. The number of anilines is 1. The zero-order valence-electron chi connectivity index (χ0n) is 13.3. The molecule has 0 aliphatic rings. The largest absolute Gasteiger partial charge is 0.394 e. The van der Waals surface area contributed by atoms with Gasteiger partial charge in [-0.3, -0.25) is 9.52 Å². The van der Waals surface area contributed by atoms with E-state index in [9.17, 15) is 13.2 Å². The van der Waals surface area contributed by atoms with E-state index in [-0.39, 0.29) is 29.0 Å². The molecule has 2 aromatic rings. The third kappa shape index (κ3) is 5.02. The van der Waals surface area contributed by atoms with Crippen molar-refractivity contribution in [3.8, 4) is 0 Å². The standard InChI is InChI=1S/C15H19N3O4S2/c1-15(2,10-19)17-13(20)8-11-9-23-14(16-11)18-24(21,22)12-6-4-3-5-7-12/h3-7,9,19H,8,10H2,1-2H3,(H,16,18)(H,17,20). The van der Waals surface area contributed by atoms with Gasteiger partial charge in [0, 0.05) is 5.38 Å². The Kier molecular flexibility index (Phi) is 5.58. The van der Waals surface area contributed by atoms with Gasteiger partial charge >= 0.3 is 0 Å². The van der Waals surface area contributed by atoms with Gasteiger partial charge in [-0.15, -0.1) is 11.3 Å². The lowest BCUT2D eigenvalue weighted by Crippen LogP contribution is -2.46. The normalized spacial score (nSPS) is 12.0. The molecule has 2 rings (SSSR count). The van der Waals surface area contributed by atoms with Crippen molar-refractivity contribution in [2.24, 2.45) is 0 Å². The summed E-state index contributed by atoms with van der Waals surface area (Å²) in [5.74, 6) is -0.295. The number of hydrogen-bond donors (Lipinski definition) is 3. The van der Waals surface area contributed by atoms with Crippen LogP contribution >= 0.6 is 11.3 Å². The number of amides is 1. The van der Waals surface area contributed by atoms with Gasteiger partial charge in [0.25, 0.3) is 10.0 Å². The molecule has 9 heteroatoms. The van der Waals surface area contributed by atoms with E-state index in [1.165, 1.54) is 12.1 Å². The van der Waals surface area contributed by atoms with Crippen LogP contribution in [0.3, 0.4) is 0 Å². The molecule has 0 bridgehead atoms. The fourth-order valence-electron chi connectivity index (χ4n) is 1.83. The highest BCUT2D eigenvalue weighted by molar-refractivity contribution is 7.93. The molecule has 24 heavy (non-hydrogen) atoms. The summed E-state index contributed by atoms with van der Waals surface area (Å²) in [5.41, 5.74) is -0.262. The number of nitrogens with one attached hydrogen (secondary N) is 2. The van der Waals surface area contributed by atoms with Crippen LogP contribution in [-0.4, -0.2) is 36.6 Å². The van der Waals surface area contributed by atoms with Crippen molar-refractivity contribution in [1.82, 2.24) is 10.3 Å². The Labute approximate surface area is 144 Å². The predicted octanol–water partition coefficient (Wildman–Crippen LogP) is 1.37. The van der Waals surface area contributed by atoms with Gasteiger partial charge < -0.3 is 10.4 Å². The lowest BCUT2D eigenvalue weighted by atomic mass is 10.1. The van der Waals surface area contributed by atoms with Crippen molar-refractivity contribution in [1.29, 1.82) is 0 Å². The number of aliphatic hydroxyl groups excluding tert-OH is 1. The number of aromatic nitrogens is 1. The van der Waals surface area contributed by atoms with Crippen LogP contribution in [0.25, 0.3) is 0 Å². The van der Waals surface area contributed by atoms with Gasteiger partial charge in [0.05, 0.1) is 29.2 Å². The third-order valence-electron chi connectivity index (χ3n) is 3.04. The lowest BCUT2D eigenvalue weighted by Gasteiger charge is -2.23. The van der Waals surface area contributed by atoms with Crippen molar-refractivity contribution < 1.29 is 18.3 Å². The van der Waals surface area contributed by atoms with Crippen molar-refractivity contribution >= 4 is 32.4 Å². The van der Waals surface area contributed by atoms with Crippen LogP contribution in [0.4, 0.5) is 5.13 Å². The molecule has 0 unspecified atom stereocenters. The van der Waals surface area contributed by atoms with Crippen molar-refractivity contribution in [3.63, 3.8) is 0 Å². The zero-order chi connectivity index (χ0) is 17.8. The molecule has 1 heterocycles.